The predicted octanol–water partition coefficient (Wildman–Crippen LogP) is 3.70. The van der Waals surface area contributed by atoms with Crippen molar-refractivity contribution in [1.29, 1.82) is 0 Å². The van der Waals surface area contributed by atoms with Crippen LogP contribution in [-0.4, -0.2) is 18.3 Å². The van der Waals surface area contributed by atoms with Crippen LogP contribution >= 0.6 is 11.8 Å². The summed E-state index contributed by atoms with van der Waals surface area (Å²) in [6.07, 6.45) is 2.69. The maximum Gasteiger partial charge on any atom is 0.0200 e. The summed E-state index contributed by atoms with van der Waals surface area (Å²) in [6, 6.07) is 7.44. The van der Waals surface area contributed by atoms with Crippen molar-refractivity contribution < 1.29 is 0 Å². The molecule has 0 radical (unpaired) electrons. The number of hydrogen-bond donors (Lipinski definition) is 1. The maximum absolute atomic E-state index is 4.13. The standard InChI is InChI=1S/C15H21NS/c1-11(9-16-14-5-6-14)10-17-15-7-4-12(2)13(3)8-15/h4,7-8,14,16H,1,5-6,9-10H2,2-3H3. The van der Waals surface area contributed by atoms with Crippen LogP contribution in [0.4, 0.5) is 0 Å². The first-order valence-electron chi connectivity index (χ1n) is 6.25. The molecule has 0 amide bonds. The second-order valence-corrected chi connectivity index (χ2v) is 5.99. The smallest absolute Gasteiger partial charge is 0.0200 e. The Morgan fingerprint density at radius 1 is 1.35 bits per heavy atom. The molecule has 1 nitrogen and oxygen atoms in total. The highest BCUT2D eigenvalue weighted by atomic mass is 32.2. The number of nitrogens with one attached hydrogen (secondary N) is 1. The Kier molecular flexibility index (Phi) is 4.30. The van der Waals surface area contributed by atoms with E-state index in [0.717, 1.165) is 18.3 Å². The summed E-state index contributed by atoms with van der Waals surface area (Å²) in [7, 11) is 0. The summed E-state index contributed by atoms with van der Waals surface area (Å²) in [5.74, 6) is 1.02. The Bertz CT molecular complexity index is 407. The van der Waals surface area contributed by atoms with Crippen molar-refractivity contribution in [3.63, 3.8) is 0 Å². The van der Waals surface area contributed by atoms with Crippen LogP contribution < -0.4 is 5.32 Å². The molecule has 0 heterocycles. The topological polar surface area (TPSA) is 12.0 Å². The highest BCUT2D eigenvalue weighted by Crippen LogP contribution is 2.23. The van der Waals surface area contributed by atoms with Crippen molar-refractivity contribution in [3.05, 3.63) is 41.5 Å². The SMILES string of the molecule is C=C(CNC1CC1)CSc1ccc(C)c(C)c1. The van der Waals surface area contributed by atoms with Crippen molar-refractivity contribution >= 4 is 11.8 Å². The minimum Gasteiger partial charge on any atom is -0.310 e. The lowest BCUT2D eigenvalue weighted by atomic mass is 10.1. The van der Waals surface area contributed by atoms with Crippen LogP contribution in [0.15, 0.2) is 35.2 Å². The normalized spacial score (nSPS) is 14.9. The van der Waals surface area contributed by atoms with Gasteiger partial charge in [0.15, 0.2) is 0 Å². The third-order valence-corrected chi connectivity index (χ3v) is 4.28. The Hall–Kier alpha value is -0.730. The Balaban J connectivity index is 1.75. The van der Waals surface area contributed by atoms with E-state index >= 15 is 0 Å². The molecular formula is C15H21NS. The maximum atomic E-state index is 4.13. The molecule has 1 aromatic carbocycles. The van der Waals surface area contributed by atoms with Crippen LogP contribution in [0.3, 0.4) is 0 Å². The van der Waals surface area contributed by atoms with Gasteiger partial charge in [0.1, 0.15) is 0 Å². The van der Waals surface area contributed by atoms with Gasteiger partial charge in [-0.05, 0) is 49.9 Å². The van der Waals surface area contributed by atoms with Crippen LogP contribution in [0.5, 0.6) is 0 Å². The molecule has 0 saturated heterocycles. The van der Waals surface area contributed by atoms with Gasteiger partial charge >= 0.3 is 0 Å². The molecule has 2 rings (SSSR count). The van der Waals surface area contributed by atoms with Crippen molar-refractivity contribution in [2.75, 3.05) is 12.3 Å². The third kappa shape index (κ3) is 4.21. The van der Waals surface area contributed by atoms with E-state index < -0.39 is 0 Å². The van der Waals surface area contributed by atoms with Gasteiger partial charge in [-0.15, -0.1) is 11.8 Å². The van der Waals surface area contributed by atoms with Crippen molar-refractivity contribution in [2.45, 2.75) is 37.6 Å². The molecule has 0 aromatic heterocycles. The van der Waals surface area contributed by atoms with Gasteiger partial charge in [0.25, 0.3) is 0 Å². The first-order valence-corrected chi connectivity index (χ1v) is 7.24. The fourth-order valence-electron chi connectivity index (χ4n) is 1.62. The van der Waals surface area contributed by atoms with E-state index in [1.807, 2.05) is 11.8 Å². The Morgan fingerprint density at radius 3 is 2.76 bits per heavy atom. The van der Waals surface area contributed by atoms with Crippen LogP contribution in [0.2, 0.25) is 0 Å². The first-order chi connectivity index (χ1) is 8.15. The zero-order valence-corrected chi connectivity index (χ0v) is 11.6. The summed E-state index contributed by atoms with van der Waals surface area (Å²) in [4.78, 5) is 1.35. The fourth-order valence-corrected chi connectivity index (χ4v) is 2.51. The second-order valence-electron chi connectivity index (χ2n) is 4.94. The molecule has 1 saturated carbocycles. The van der Waals surface area contributed by atoms with E-state index in [1.165, 1.54) is 34.4 Å². The largest absolute Gasteiger partial charge is 0.310 e. The van der Waals surface area contributed by atoms with E-state index in [-0.39, 0.29) is 0 Å². The highest BCUT2D eigenvalue weighted by Gasteiger charge is 2.19. The van der Waals surface area contributed by atoms with Gasteiger partial charge < -0.3 is 5.32 Å². The molecule has 0 bridgehead atoms. The van der Waals surface area contributed by atoms with E-state index in [0.29, 0.717) is 0 Å². The van der Waals surface area contributed by atoms with Crippen LogP contribution in [0.25, 0.3) is 0 Å². The number of thioether (sulfide) groups is 1. The minimum absolute atomic E-state index is 0.776. The van der Waals surface area contributed by atoms with Gasteiger partial charge in [0.05, 0.1) is 0 Å². The summed E-state index contributed by atoms with van der Waals surface area (Å²) in [6.45, 7) is 9.43. The van der Waals surface area contributed by atoms with Crippen molar-refractivity contribution in [3.8, 4) is 0 Å². The average Bonchev–Trinajstić information content (AvgIpc) is 3.12. The molecule has 0 atom stereocenters. The van der Waals surface area contributed by atoms with Gasteiger partial charge in [0, 0.05) is 23.2 Å². The molecule has 92 valence electrons. The van der Waals surface area contributed by atoms with E-state index in [2.05, 4.69) is 43.9 Å². The average molecular weight is 247 g/mol. The van der Waals surface area contributed by atoms with Gasteiger partial charge in [-0.2, -0.15) is 0 Å². The lowest BCUT2D eigenvalue weighted by Crippen LogP contribution is -2.19. The molecule has 17 heavy (non-hydrogen) atoms. The second kappa shape index (κ2) is 5.74. The van der Waals surface area contributed by atoms with Gasteiger partial charge in [-0.25, -0.2) is 0 Å². The van der Waals surface area contributed by atoms with Crippen molar-refractivity contribution in [1.82, 2.24) is 5.32 Å². The lowest BCUT2D eigenvalue weighted by Gasteiger charge is -2.08. The summed E-state index contributed by atoms with van der Waals surface area (Å²) >= 11 is 1.88. The van der Waals surface area contributed by atoms with E-state index in [1.54, 1.807) is 0 Å². The molecule has 1 N–H and O–H groups in total. The summed E-state index contributed by atoms with van der Waals surface area (Å²) in [5.41, 5.74) is 4.03. The molecule has 1 aromatic rings. The quantitative estimate of drug-likeness (QED) is 0.607. The zero-order valence-electron chi connectivity index (χ0n) is 10.8. The van der Waals surface area contributed by atoms with Crippen LogP contribution in [0.1, 0.15) is 24.0 Å². The molecule has 2 heteroatoms. The first kappa shape index (κ1) is 12.7. The Labute approximate surface area is 109 Å². The molecule has 0 aliphatic heterocycles. The molecule has 1 aliphatic carbocycles. The van der Waals surface area contributed by atoms with Crippen LogP contribution in [-0.2, 0) is 0 Å². The van der Waals surface area contributed by atoms with Crippen molar-refractivity contribution in [2.24, 2.45) is 0 Å². The minimum atomic E-state index is 0.776. The fraction of sp³-hybridized carbons (Fsp3) is 0.467. The molecule has 1 aliphatic rings. The summed E-state index contributed by atoms with van der Waals surface area (Å²) in [5, 5.41) is 3.50. The molecular weight excluding hydrogens is 226 g/mol. The number of aryl methyl sites for hydroxylation is 2. The Morgan fingerprint density at radius 2 is 2.12 bits per heavy atom. The van der Waals surface area contributed by atoms with Gasteiger partial charge in [-0.3, -0.25) is 0 Å². The lowest BCUT2D eigenvalue weighted by molar-refractivity contribution is 0.736. The monoisotopic (exact) mass is 247 g/mol. The number of rotatable bonds is 6. The van der Waals surface area contributed by atoms with Gasteiger partial charge in [-0.1, -0.05) is 18.2 Å². The predicted molar refractivity (Wildman–Crippen MR) is 76.8 cm³/mol. The van der Waals surface area contributed by atoms with E-state index in [4.69, 9.17) is 0 Å². The molecule has 0 unspecified atom stereocenters. The molecule has 0 spiro atoms. The number of hydrogen-bond acceptors (Lipinski definition) is 2. The third-order valence-electron chi connectivity index (χ3n) is 3.14. The summed E-state index contributed by atoms with van der Waals surface area (Å²) < 4.78 is 0. The highest BCUT2D eigenvalue weighted by molar-refractivity contribution is 7.99. The van der Waals surface area contributed by atoms with E-state index in [9.17, 15) is 0 Å². The van der Waals surface area contributed by atoms with Gasteiger partial charge in [0.2, 0.25) is 0 Å². The zero-order chi connectivity index (χ0) is 12.3. The number of benzene rings is 1. The van der Waals surface area contributed by atoms with Crippen LogP contribution in [0, 0.1) is 13.8 Å². The molecule has 1 fully saturated rings.